The molecule has 3 unspecified atom stereocenters. The molecule has 0 aliphatic carbocycles. The van der Waals surface area contributed by atoms with Gasteiger partial charge < -0.3 is 0 Å². The van der Waals surface area contributed by atoms with E-state index in [1.165, 1.54) is 13.8 Å². The second-order valence-electron chi connectivity index (χ2n) is 13.8. The highest BCUT2D eigenvalue weighted by atomic mass is 32.2. The molecule has 0 fully saturated rings. The van der Waals surface area contributed by atoms with Gasteiger partial charge in [-0.05, 0) is 60.8 Å². The lowest BCUT2D eigenvalue weighted by atomic mass is 9.98. The fourth-order valence-corrected chi connectivity index (χ4v) is 10.9. The van der Waals surface area contributed by atoms with Crippen molar-refractivity contribution >= 4 is 70.8 Å². The van der Waals surface area contributed by atoms with Crippen LogP contribution < -0.4 is 0 Å². The summed E-state index contributed by atoms with van der Waals surface area (Å²) in [6.45, 7) is 10.7. The summed E-state index contributed by atoms with van der Waals surface area (Å²) in [5.41, 5.74) is 0. The molecule has 0 aromatic carbocycles. The molecule has 0 amide bonds. The van der Waals surface area contributed by atoms with Gasteiger partial charge in [-0.25, -0.2) is 29.3 Å². The fourth-order valence-electron chi connectivity index (χ4n) is 4.16. The SMILES string of the molecule is CCCCCS(=O)(=O)OC(OS(=O)(=O)CCCC)(OS(=O)(=O)C(C)(C)C)C(OS(=O)(=O)CCC)(OS(=O)(=O)C(C)C)C(CCC)(OS(C)(=O)=O)OS(=O)(=O)CC. The van der Waals surface area contributed by atoms with Crippen molar-refractivity contribution in [1.82, 2.24) is 0 Å². The molecule has 0 radical (unpaired) electrons. The highest BCUT2D eigenvalue weighted by molar-refractivity contribution is 7.89. The Labute approximate surface area is 334 Å². The zero-order valence-corrected chi connectivity index (χ0v) is 39.2. The molecular formula is C28H58O21S7. The van der Waals surface area contributed by atoms with Gasteiger partial charge in [0, 0.05) is 6.42 Å². The number of hydrogen-bond donors (Lipinski definition) is 0. The van der Waals surface area contributed by atoms with Crippen molar-refractivity contribution in [2.45, 2.75) is 148 Å². The molecule has 3 atom stereocenters. The lowest BCUT2D eigenvalue weighted by Gasteiger charge is -2.51. The molecule has 0 N–H and O–H groups in total. The van der Waals surface area contributed by atoms with Crippen LogP contribution in [0.3, 0.4) is 0 Å². The van der Waals surface area contributed by atoms with Crippen molar-refractivity contribution < 1.29 is 88.2 Å². The van der Waals surface area contributed by atoms with E-state index in [1.54, 1.807) is 6.92 Å². The first-order valence-corrected chi connectivity index (χ1v) is 28.5. The number of rotatable bonds is 29. The van der Waals surface area contributed by atoms with E-state index in [-0.39, 0.29) is 31.9 Å². The minimum atomic E-state index is -5.78. The first kappa shape index (κ1) is 55.4. The van der Waals surface area contributed by atoms with Gasteiger partial charge in [0.05, 0.1) is 39.3 Å². The van der Waals surface area contributed by atoms with Crippen LogP contribution in [0.2, 0.25) is 0 Å². The lowest BCUT2D eigenvalue weighted by Crippen LogP contribution is -2.77. The van der Waals surface area contributed by atoms with Crippen molar-refractivity contribution in [2.24, 2.45) is 0 Å². The first-order valence-electron chi connectivity index (χ1n) is 17.5. The molecule has 56 heavy (non-hydrogen) atoms. The van der Waals surface area contributed by atoms with Gasteiger partial charge in [-0.2, -0.15) is 58.9 Å². The quantitative estimate of drug-likeness (QED) is 0.0591. The summed E-state index contributed by atoms with van der Waals surface area (Å²) in [4.78, 5) is 0. The third-order valence-electron chi connectivity index (χ3n) is 7.08. The maximum Gasteiger partial charge on any atom is 0.391 e. The van der Waals surface area contributed by atoms with Gasteiger partial charge in [-0.15, -0.1) is 0 Å². The Morgan fingerprint density at radius 3 is 1.32 bits per heavy atom. The van der Waals surface area contributed by atoms with Gasteiger partial charge in [0.25, 0.3) is 76.6 Å². The van der Waals surface area contributed by atoms with Crippen LogP contribution in [0.15, 0.2) is 0 Å². The van der Waals surface area contributed by atoms with E-state index < -0.39 is 141 Å². The Bertz CT molecular complexity index is 2070. The third kappa shape index (κ3) is 15.8. The summed E-state index contributed by atoms with van der Waals surface area (Å²) in [5, 5.41) is -1.94. The molecule has 0 aromatic rings. The Morgan fingerprint density at radius 2 is 0.946 bits per heavy atom. The summed E-state index contributed by atoms with van der Waals surface area (Å²) < 4.78 is 228. The van der Waals surface area contributed by atoms with Crippen molar-refractivity contribution in [1.29, 1.82) is 0 Å². The summed E-state index contributed by atoms with van der Waals surface area (Å²) in [7, 11) is -39.3. The Morgan fingerprint density at radius 1 is 0.482 bits per heavy atom. The molecule has 0 aromatic heterocycles. The van der Waals surface area contributed by atoms with E-state index in [2.05, 4.69) is 0 Å². The van der Waals surface area contributed by atoms with Crippen molar-refractivity contribution in [3.05, 3.63) is 0 Å². The minimum absolute atomic E-state index is 0.0481. The summed E-state index contributed by atoms with van der Waals surface area (Å²) in [5.74, 6) is -19.3. The smallest absolute Gasteiger partial charge is 0.228 e. The maximum atomic E-state index is 14.2. The molecule has 338 valence electrons. The average molecular weight is 955 g/mol. The molecule has 28 heteroatoms. The lowest BCUT2D eigenvalue weighted by molar-refractivity contribution is -0.447. The maximum absolute atomic E-state index is 14.2. The van der Waals surface area contributed by atoms with Crippen LogP contribution in [0.5, 0.6) is 0 Å². The largest absolute Gasteiger partial charge is 0.391 e. The normalized spacial score (nSPS) is 17.6. The van der Waals surface area contributed by atoms with Crippen LogP contribution in [-0.2, 0) is 100 Å². The van der Waals surface area contributed by atoms with Crippen molar-refractivity contribution in [2.75, 3.05) is 29.3 Å². The molecule has 0 heterocycles. The molecule has 21 nitrogen and oxygen atoms in total. The summed E-state index contributed by atoms with van der Waals surface area (Å²) in [6, 6.07) is 0. The average Bonchev–Trinajstić information content (AvgIpc) is 2.97. The van der Waals surface area contributed by atoms with E-state index in [4.69, 9.17) is 29.3 Å². The highest BCUT2D eigenvalue weighted by Crippen LogP contribution is 2.53. The van der Waals surface area contributed by atoms with Gasteiger partial charge in [-0.1, -0.05) is 53.4 Å². The third-order valence-corrected chi connectivity index (χ3v) is 16.4. The standard InChI is InChI=1S/C28H58O21S7/c1-12-17-19-23-54(37,38)48-28(47-53(35,36)22-18-13-2,49-56(41,42)25(8,9)10)27(45-52(33,34)21-15-4,46-55(39,40)24(6)7)26(20-14-3,43-50(11,29)30)44-51(31,32)16-5/h24H,12-23H2,1-11H3. The topological polar surface area (TPSA) is 304 Å². The van der Waals surface area contributed by atoms with Gasteiger partial charge in [0.2, 0.25) is 0 Å². The molecule has 0 rings (SSSR count). The Kier molecular flexibility index (Phi) is 20.1. The first-order chi connectivity index (χ1) is 24.9. The molecule has 0 aliphatic rings. The van der Waals surface area contributed by atoms with E-state index in [1.807, 2.05) is 0 Å². The molecular weight excluding hydrogens is 897 g/mol. The molecule has 0 saturated carbocycles. The molecule has 0 aliphatic heterocycles. The Balaban J connectivity index is 10.2. The molecule has 0 saturated heterocycles. The zero-order valence-electron chi connectivity index (χ0n) is 33.5. The van der Waals surface area contributed by atoms with Gasteiger partial charge in [0.1, 0.15) is 0 Å². The zero-order chi connectivity index (χ0) is 44.5. The monoisotopic (exact) mass is 954 g/mol. The minimum Gasteiger partial charge on any atom is -0.228 e. The highest BCUT2D eigenvalue weighted by Gasteiger charge is 2.81. The molecule has 0 bridgehead atoms. The van der Waals surface area contributed by atoms with Gasteiger partial charge >= 0.3 is 11.8 Å². The van der Waals surface area contributed by atoms with Crippen LogP contribution in [-0.4, -0.2) is 116 Å². The van der Waals surface area contributed by atoms with Gasteiger partial charge in [-0.3, -0.25) is 0 Å². The summed E-state index contributed by atoms with van der Waals surface area (Å²) >= 11 is 0. The van der Waals surface area contributed by atoms with Crippen molar-refractivity contribution in [3.63, 3.8) is 0 Å². The Hall–Kier alpha value is -0.630. The van der Waals surface area contributed by atoms with Gasteiger partial charge in [0.15, 0.2) is 0 Å². The second kappa shape index (κ2) is 20.3. The van der Waals surface area contributed by atoms with Crippen LogP contribution in [0.25, 0.3) is 0 Å². The second-order valence-corrected chi connectivity index (χ2v) is 26.7. The van der Waals surface area contributed by atoms with Crippen LogP contribution >= 0.6 is 0 Å². The van der Waals surface area contributed by atoms with E-state index >= 15 is 0 Å². The predicted octanol–water partition coefficient (Wildman–Crippen LogP) is 2.51. The number of hydrogen-bond acceptors (Lipinski definition) is 21. The van der Waals surface area contributed by atoms with E-state index in [0.29, 0.717) is 6.42 Å². The molecule has 0 spiro atoms. The van der Waals surface area contributed by atoms with E-state index in [0.717, 1.165) is 48.5 Å². The van der Waals surface area contributed by atoms with Crippen LogP contribution in [0, 0.1) is 0 Å². The summed E-state index contributed by atoms with van der Waals surface area (Å²) in [6.07, 6.45) is -2.56. The van der Waals surface area contributed by atoms with Crippen LogP contribution in [0.4, 0.5) is 0 Å². The van der Waals surface area contributed by atoms with Crippen molar-refractivity contribution in [3.8, 4) is 0 Å². The van der Waals surface area contributed by atoms with E-state index in [9.17, 15) is 58.9 Å². The number of unbranched alkanes of at least 4 members (excludes halogenated alkanes) is 3. The fraction of sp³-hybridized carbons (Fsp3) is 1.00. The van der Waals surface area contributed by atoms with Crippen LogP contribution in [0.1, 0.15) is 121 Å². The predicted molar refractivity (Wildman–Crippen MR) is 204 cm³/mol.